The number of rotatable bonds is 7. The average molecular weight is 331 g/mol. The van der Waals surface area contributed by atoms with Gasteiger partial charge < -0.3 is 14.8 Å². The maximum absolute atomic E-state index is 13.5. The molecule has 0 heterocycles. The molecule has 0 aliphatic rings. The number of hydrogen-bond acceptors (Lipinski definition) is 4. The third-order valence-electron chi connectivity index (χ3n) is 3.33. The summed E-state index contributed by atoms with van der Waals surface area (Å²) in [5.41, 5.74) is 0.786. The third-order valence-corrected chi connectivity index (χ3v) is 3.33. The molecule has 0 unspecified atom stereocenters. The summed E-state index contributed by atoms with van der Waals surface area (Å²) >= 11 is 0. The van der Waals surface area contributed by atoms with Crippen molar-refractivity contribution in [3.8, 4) is 5.75 Å². The molecular weight excluding hydrogens is 313 g/mol. The Bertz CT molecular complexity index is 718. The number of benzene rings is 2. The maximum atomic E-state index is 13.5. The van der Waals surface area contributed by atoms with Crippen molar-refractivity contribution in [1.82, 2.24) is 5.32 Å². The Kier molecular flexibility index (Phi) is 6.31. The molecule has 2 aromatic carbocycles. The summed E-state index contributed by atoms with van der Waals surface area (Å²) in [5, 5.41) is 2.64. The van der Waals surface area contributed by atoms with Crippen LogP contribution >= 0.6 is 0 Å². The van der Waals surface area contributed by atoms with E-state index in [9.17, 15) is 14.0 Å². The molecule has 0 spiro atoms. The number of amides is 1. The number of methoxy groups -OCH3 is 1. The van der Waals surface area contributed by atoms with E-state index in [0.717, 1.165) is 0 Å². The molecule has 24 heavy (non-hydrogen) atoms. The van der Waals surface area contributed by atoms with Gasteiger partial charge in [-0.15, -0.1) is 0 Å². The first-order valence-corrected chi connectivity index (χ1v) is 7.42. The molecule has 2 rings (SSSR count). The minimum Gasteiger partial charge on any atom is -0.483 e. The van der Waals surface area contributed by atoms with Crippen molar-refractivity contribution in [2.24, 2.45) is 0 Å². The van der Waals surface area contributed by atoms with E-state index in [1.807, 2.05) is 0 Å². The summed E-state index contributed by atoms with van der Waals surface area (Å²) in [6.07, 6.45) is 0.386. The summed E-state index contributed by atoms with van der Waals surface area (Å²) in [7, 11) is 1.27. The van der Waals surface area contributed by atoms with Crippen LogP contribution in [-0.2, 0) is 16.0 Å². The number of carbonyl (C=O) groups is 2. The highest BCUT2D eigenvalue weighted by molar-refractivity contribution is 5.92. The molecule has 1 N–H and O–H groups in total. The van der Waals surface area contributed by atoms with Crippen molar-refractivity contribution in [1.29, 1.82) is 0 Å². The van der Waals surface area contributed by atoms with Crippen LogP contribution in [0.15, 0.2) is 48.5 Å². The molecule has 5 nitrogen and oxygen atoms in total. The smallest absolute Gasteiger partial charge is 0.341 e. The second kappa shape index (κ2) is 8.67. The highest BCUT2D eigenvalue weighted by atomic mass is 19.1. The molecule has 0 radical (unpaired) electrons. The van der Waals surface area contributed by atoms with E-state index in [-0.39, 0.29) is 29.6 Å². The summed E-state index contributed by atoms with van der Waals surface area (Å²) < 4.78 is 23.5. The van der Waals surface area contributed by atoms with Gasteiger partial charge in [-0.2, -0.15) is 0 Å². The first-order chi connectivity index (χ1) is 11.6. The highest BCUT2D eigenvalue weighted by Crippen LogP contribution is 2.18. The van der Waals surface area contributed by atoms with Crippen LogP contribution < -0.4 is 10.1 Å². The Hall–Kier alpha value is -2.89. The third kappa shape index (κ3) is 4.81. The second-order valence-electron chi connectivity index (χ2n) is 4.97. The van der Waals surface area contributed by atoms with Gasteiger partial charge >= 0.3 is 5.97 Å². The van der Waals surface area contributed by atoms with Crippen molar-refractivity contribution < 1.29 is 23.5 Å². The topological polar surface area (TPSA) is 64.6 Å². The van der Waals surface area contributed by atoms with Gasteiger partial charge in [-0.25, -0.2) is 9.18 Å². The largest absolute Gasteiger partial charge is 0.483 e. The molecular formula is C18H18FNO4. The normalized spacial score (nSPS) is 10.1. The molecule has 0 aliphatic heterocycles. The summed E-state index contributed by atoms with van der Waals surface area (Å²) in [5.74, 6) is -0.917. The van der Waals surface area contributed by atoms with E-state index in [1.165, 1.54) is 13.2 Å². The SMILES string of the molecule is COC(=O)c1ccccc1OCC(=O)NCCc1ccccc1F. The van der Waals surface area contributed by atoms with Gasteiger partial charge in [0.15, 0.2) is 6.61 Å². The Morgan fingerprint density at radius 3 is 2.54 bits per heavy atom. The Balaban J connectivity index is 1.82. The number of halogens is 1. The number of esters is 1. The zero-order valence-electron chi connectivity index (χ0n) is 13.3. The lowest BCUT2D eigenvalue weighted by Crippen LogP contribution is -2.31. The molecule has 0 saturated carbocycles. The average Bonchev–Trinajstić information content (AvgIpc) is 2.61. The van der Waals surface area contributed by atoms with Gasteiger partial charge in [0.2, 0.25) is 0 Å². The van der Waals surface area contributed by atoms with Crippen LogP contribution in [0, 0.1) is 5.82 Å². The Morgan fingerprint density at radius 1 is 1.08 bits per heavy atom. The van der Waals surface area contributed by atoms with E-state index in [4.69, 9.17) is 4.74 Å². The van der Waals surface area contributed by atoms with Crippen LogP contribution in [0.4, 0.5) is 4.39 Å². The maximum Gasteiger partial charge on any atom is 0.341 e. The monoisotopic (exact) mass is 331 g/mol. The fourth-order valence-electron chi connectivity index (χ4n) is 2.10. The van der Waals surface area contributed by atoms with Crippen LogP contribution in [-0.4, -0.2) is 32.1 Å². The van der Waals surface area contributed by atoms with Crippen molar-refractivity contribution in [2.75, 3.05) is 20.3 Å². The first kappa shape index (κ1) is 17.5. The standard InChI is InChI=1S/C18H18FNO4/c1-23-18(22)14-7-3-5-9-16(14)24-12-17(21)20-11-10-13-6-2-4-8-15(13)19/h2-9H,10-12H2,1H3,(H,20,21). The van der Waals surface area contributed by atoms with Gasteiger partial charge in [0, 0.05) is 6.54 Å². The van der Waals surface area contributed by atoms with Crippen LogP contribution in [0.25, 0.3) is 0 Å². The number of para-hydroxylation sites is 1. The van der Waals surface area contributed by atoms with Gasteiger partial charge in [0.25, 0.3) is 5.91 Å². The van der Waals surface area contributed by atoms with Gasteiger partial charge in [-0.3, -0.25) is 4.79 Å². The van der Waals surface area contributed by atoms with Crippen molar-refractivity contribution in [3.05, 3.63) is 65.5 Å². The molecule has 0 aromatic heterocycles. The van der Waals surface area contributed by atoms with E-state index in [0.29, 0.717) is 18.5 Å². The lowest BCUT2D eigenvalue weighted by Gasteiger charge is -2.10. The first-order valence-electron chi connectivity index (χ1n) is 7.42. The molecule has 126 valence electrons. The zero-order chi connectivity index (χ0) is 17.4. The highest BCUT2D eigenvalue weighted by Gasteiger charge is 2.13. The van der Waals surface area contributed by atoms with Crippen molar-refractivity contribution in [3.63, 3.8) is 0 Å². The van der Waals surface area contributed by atoms with Crippen molar-refractivity contribution >= 4 is 11.9 Å². The Labute approximate surface area is 139 Å². The van der Waals surface area contributed by atoms with E-state index in [1.54, 1.807) is 42.5 Å². The van der Waals surface area contributed by atoms with Gasteiger partial charge in [-0.05, 0) is 30.2 Å². The predicted octanol–water partition coefficient (Wildman–Crippen LogP) is 2.35. The minimum atomic E-state index is -0.537. The molecule has 0 atom stereocenters. The van der Waals surface area contributed by atoms with Gasteiger partial charge in [-0.1, -0.05) is 30.3 Å². The quantitative estimate of drug-likeness (QED) is 0.791. The van der Waals surface area contributed by atoms with Gasteiger partial charge in [0.05, 0.1) is 7.11 Å². The Morgan fingerprint density at radius 2 is 1.79 bits per heavy atom. The molecule has 0 saturated heterocycles. The second-order valence-corrected chi connectivity index (χ2v) is 4.97. The zero-order valence-corrected chi connectivity index (χ0v) is 13.3. The minimum absolute atomic E-state index is 0.245. The molecule has 6 heteroatoms. The van der Waals surface area contributed by atoms with E-state index < -0.39 is 5.97 Å². The van der Waals surface area contributed by atoms with Crippen LogP contribution in [0.3, 0.4) is 0 Å². The van der Waals surface area contributed by atoms with E-state index >= 15 is 0 Å². The molecule has 1 amide bonds. The summed E-state index contributed by atoms with van der Waals surface area (Å²) in [6.45, 7) is 0.0487. The van der Waals surface area contributed by atoms with Crippen molar-refractivity contribution in [2.45, 2.75) is 6.42 Å². The molecule has 0 aliphatic carbocycles. The summed E-state index contributed by atoms with van der Waals surface area (Å²) in [6, 6.07) is 12.9. The number of ether oxygens (including phenoxy) is 2. The number of hydrogen-bond donors (Lipinski definition) is 1. The molecule has 2 aromatic rings. The number of carbonyl (C=O) groups excluding carboxylic acids is 2. The van der Waals surface area contributed by atoms with Crippen LogP contribution in [0.1, 0.15) is 15.9 Å². The fraction of sp³-hybridized carbons (Fsp3) is 0.222. The lowest BCUT2D eigenvalue weighted by molar-refractivity contribution is -0.123. The van der Waals surface area contributed by atoms with Crippen LogP contribution in [0.2, 0.25) is 0 Å². The molecule has 0 fully saturated rings. The van der Waals surface area contributed by atoms with E-state index in [2.05, 4.69) is 10.1 Å². The van der Waals surface area contributed by atoms with Gasteiger partial charge in [0.1, 0.15) is 17.1 Å². The lowest BCUT2D eigenvalue weighted by atomic mass is 10.1. The predicted molar refractivity (Wildman–Crippen MR) is 86.4 cm³/mol. The summed E-state index contributed by atoms with van der Waals surface area (Å²) in [4.78, 5) is 23.4. The number of nitrogens with one attached hydrogen (secondary N) is 1. The molecule has 0 bridgehead atoms. The van der Waals surface area contributed by atoms with Crippen LogP contribution in [0.5, 0.6) is 5.75 Å². The fourth-order valence-corrected chi connectivity index (χ4v) is 2.10.